The molecule has 2 aromatic carbocycles. The number of amides is 1. The Hall–Kier alpha value is -4.01. The molecule has 8 nitrogen and oxygen atoms in total. The van der Waals surface area contributed by atoms with Crippen LogP contribution < -0.4 is 16.2 Å². The second-order valence-electron chi connectivity index (χ2n) is 12.8. The van der Waals surface area contributed by atoms with Gasteiger partial charge in [0.1, 0.15) is 6.29 Å². The Labute approximate surface area is 266 Å². The number of likely N-dealkylation sites (tertiary alicyclic amines) is 2. The Morgan fingerprint density at radius 3 is 2.33 bits per heavy atom. The van der Waals surface area contributed by atoms with E-state index in [0.717, 1.165) is 85.5 Å². The number of nitrogens with one attached hydrogen (secondary N) is 3. The molecular weight excluding hydrogens is 562 g/mol. The van der Waals surface area contributed by atoms with E-state index in [2.05, 4.69) is 62.3 Å². The first kappa shape index (κ1) is 32.4. The van der Waals surface area contributed by atoms with Crippen LogP contribution in [-0.4, -0.2) is 65.7 Å². The number of nitrogens with zero attached hydrogens (tertiary/aromatic N) is 2. The van der Waals surface area contributed by atoms with Gasteiger partial charge in [-0.05, 0) is 111 Å². The lowest BCUT2D eigenvalue weighted by atomic mass is 9.95. The predicted octanol–water partition coefficient (Wildman–Crippen LogP) is 5.51. The third kappa shape index (κ3) is 8.38. The number of carbonyl (C=O) groups is 2. The van der Waals surface area contributed by atoms with Crippen LogP contribution in [0.1, 0.15) is 70.4 Å². The molecule has 0 atom stereocenters. The number of H-pyrrole nitrogens is 1. The van der Waals surface area contributed by atoms with Crippen molar-refractivity contribution < 1.29 is 9.59 Å². The first-order valence-corrected chi connectivity index (χ1v) is 16.3. The first-order valence-electron chi connectivity index (χ1n) is 16.3. The van der Waals surface area contributed by atoms with Crippen molar-refractivity contribution in [3.8, 4) is 11.1 Å². The summed E-state index contributed by atoms with van der Waals surface area (Å²) in [4.78, 5) is 45.0. The van der Waals surface area contributed by atoms with E-state index in [4.69, 9.17) is 0 Å². The molecule has 3 aromatic rings. The van der Waals surface area contributed by atoms with Gasteiger partial charge in [0.25, 0.3) is 11.5 Å². The van der Waals surface area contributed by atoms with Crippen LogP contribution in [0.2, 0.25) is 0 Å². The molecular formula is C37H47N5O3. The Kier molecular flexibility index (Phi) is 10.7. The second kappa shape index (κ2) is 14.8. The number of anilines is 1. The highest BCUT2D eigenvalue weighted by Gasteiger charge is 2.22. The molecule has 0 bridgehead atoms. The van der Waals surface area contributed by atoms with Gasteiger partial charge in [0.05, 0.1) is 0 Å². The first-order chi connectivity index (χ1) is 21.7. The fourth-order valence-electron chi connectivity index (χ4n) is 6.59. The molecule has 2 aliphatic heterocycles. The van der Waals surface area contributed by atoms with Crippen LogP contribution in [0, 0.1) is 20.8 Å². The lowest BCUT2D eigenvalue weighted by Crippen LogP contribution is -2.40. The molecule has 3 heterocycles. The molecule has 3 N–H and O–H groups in total. The lowest BCUT2D eigenvalue weighted by Gasteiger charge is -2.33. The monoisotopic (exact) mass is 609 g/mol. The van der Waals surface area contributed by atoms with Gasteiger partial charge in [-0.3, -0.25) is 24.2 Å². The van der Waals surface area contributed by atoms with E-state index in [-0.39, 0.29) is 24.1 Å². The Balaban J connectivity index is 1.38. The van der Waals surface area contributed by atoms with Crippen molar-refractivity contribution >= 4 is 17.9 Å². The van der Waals surface area contributed by atoms with Gasteiger partial charge in [-0.15, -0.1) is 0 Å². The smallest absolute Gasteiger partial charge is 0.253 e. The maximum absolute atomic E-state index is 13.7. The molecule has 5 rings (SSSR count). The van der Waals surface area contributed by atoms with Crippen LogP contribution in [0.4, 0.5) is 5.69 Å². The molecule has 1 aromatic heterocycles. The van der Waals surface area contributed by atoms with Gasteiger partial charge in [0.15, 0.2) is 0 Å². The standard InChI is InChI=1S/C37H47N5O3/c1-25(24-43)22-42-16-12-32(13-17-42)40-35-20-31(30-10-8-29(9-11-30)23-41-14-6-5-7-15-41)19-33(28(35)4)36(44)38-21-34-26(2)18-27(3)39-37(34)45/h8-11,18-20,24,32,40H,1,5-7,12-17,21-23H2,2-4H3,(H,38,44)(H,39,45). The highest BCUT2D eigenvalue weighted by molar-refractivity contribution is 5.98. The predicted molar refractivity (Wildman–Crippen MR) is 182 cm³/mol. The Morgan fingerprint density at radius 1 is 0.956 bits per heavy atom. The largest absolute Gasteiger partial charge is 0.382 e. The number of piperidine rings is 2. The molecule has 2 saturated heterocycles. The highest BCUT2D eigenvalue weighted by Crippen LogP contribution is 2.31. The van der Waals surface area contributed by atoms with Crippen molar-refractivity contribution in [1.29, 1.82) is 0 Å². The fraction of sp³-hybridized carbons (Fsp3) is 0.432. The lowest BCUT2D eigenvalue weighted by molar-refractivity contribution is -0.105. The zero-order valence-corrected chi connectivity index (χ0v) is 27.0. The number of hydrogen-bond donors (Lipinski definition) is 3. The molecule has 0 spiro atoms. The zero-order chi connectivity index (χ0) is 31.9. The van der Waals surface area contributed by atoms with Crippen LogP contribution in [0.3, 0.4) is 0 Å². The minimum Gasteiger partial charge on any atom is -0.382 e. The molecule has 238 valence electrons. The molecule has 0 radical (unpaired) electrons. The van der Waals surface area contributed by atoms with E-state index in [1.807, 2.05) is 32.9 Å². The summed E-state index contributed by atoms with van der Waals surface area (Å²) in [5.41, 5.74) is 8.39. The third-order valence-electron chi connectivity index (χ3n) is 9.25. The summed E-state index contributed by atoms with van der Waals surface area (Å²) in [6.07, 6.45) is 6.56. The van der Waals surface area contributed by atoms with Gasteiger partial charge in [-0.25, -0.2) is 0 Å². The highest BCUT2D eigenvalue weighted by atomic mass is 16.2. The molecule has 2 aliphatic rings. The number of pyridine rings is 1. The molecule has 0 unspecified atom stereocenters. The Morgan fingerprint density at radius 2 is 1.67 bits per heavy atom. The summed E-state index contributed by atoms with van der Waals surface area (Å²) in [6, 6.07) is 15.0. The summed E-state index contributed by atoms with van der Waals surface area (Å²) >= 11 is 0. The summed E-state index contributed by atoms with van der Waals surface area (Å²) in [7, 11) is 0. The zero-order valence-electron chi connectivity index (χ0n) is 27.0. The maximum Gasteiger partial charge on any atom is 0.253 e. The second-order valence-corrected chi connectivity index (χ2v) is 12.8. The van der Waals surface area contributed by atoms with Crippen LogP contribution in [0.5, 0.6) is 0 Å². The minimum atomic E-state index is -0.208. The number of aromatic amines is 1. The molecule has 45 heavy (non-hydrogen) atoms. The normalized spacial score (nSPS) is 16.3. The maximum atomic E-state index is 13.7. The molecule has 1 amide bonds. The van der Waals surface area contributed by atoms with E-state index >= 15 is 0 Å². The SMILES string of the molecule is C=C(C=O)CN1CCC(Nc2cc(-c3ccc(CN4CCCCC4)cc3)cc(C(=O)NCc3c(C)cc(C)[nH]c3=O)c2C)CC1. The van der Waals surface area contributed by atoms with Crippen LogP contribution in [0.25, 0.3) is 11.1 Å². The number of aryl methyl sites for hydroxylation is 2. The number of benzene rings is 2. The summed E-state index contributed by atoms with van der Waals surface area (Å²) in [5.74, 6) is -0.208. The van der Waals surface area contributed by atoms with Crippen molar-refractivity contribution in [2.45, 2.75) is 72.0 Å². The summed E-state index contributed by atoms with van der Waals surface area (Å²) < 4.78 is 0. The van der Waals surface area contributed by atoms with Crippen molar-refractivity contribution in [3.05, 3.63) is 98.5 Å². The number of hydrogen-bond acceptors (Lipinski definition) is 6. The van der Waals surface area contributed by atoms with Crippen molar-refractivity contribution in [2.75, 3.05) is 38.0 Å². The fourth-order valence-corrected chi connectivity index (χ4v) is 6.59. The van der Waals surface area contributed by atoms with Gasteiger partial charge in [0.2, 0.25) is 0 Å². The minimum absolute atomic E-state index is 0.155. The van der Waals surface area contributed by atoms with E-state index in [1.165, 1.54) is 24.8 Å². The summed E-state index contributed by atoms with van der Waals surface area (Å²) in [6.45, 7) is 15.3. The van der Waals surface area contributed by atoms with Gasteiger partial charge in [-0.1, -0.05) is 37.3 Å². The quantitative estimate of drug-likeness (QED) is 0.196. The van der Waals surface area contributed by atoms with Gasteiger partial charge in [-0.2, -0.15) is 0 Å². The van der Waals surface area contributed by atoms with Crippen LogP contribution in [0.15, 0.2) is 59.4 Å². The van der Waals surface area contributed by atoms with Crippen molar-refractivity contribution in [3.63, 3.8) is 0 Å². The van der Waals surface area contributed by atoms with Gasteiger partial charge in [0, 0.05) is 61.3 Å². The van der Waals surface area contributed by atoms with Crippen molar-refractivity contribution in [1.82, 2.24) is 20.1 Å². The van der Waals surface area contributed by atoms with Crippen LogP contribution in [-0.2, 0) is 17.9 Å². The van der Waals surface area contributed by atoms with E-state index < -0.39 is 0 Å². The van der Waals surface area contributed by atoms with Gasteiger partial charge < -0.3 is 15.6 Å². The average molecular weight is 610 g/mol. The van der Waals surface area contributed by atoms with E-state index in [1.54, 1.807) is 0 Å². The topological polar surface area (TPSA) is 97.5 Å². The molecule has 8 heteroatoms. The summed E-state index contributed by atoms with van der Waals surface area (Å²) in [5, 5.41) is 6.76. The van der Waals surface area contributed by atoms with E-state index in [9.17, 15) is 14.4 Å². The third-order valence-corrected chi connectivity index (χ3v) is 9.25. The number of aldehydes is 1. The molecule has 2 fully saturated rings. The number of carbonyl (C=O) groups excluding carboxylic acids is 2. The molecule has 0 saturated carbocycles. The Bertz CT molecular complexity index is 1580. The number of aromatic nitrogens is 1. The van der Waals surface area contributed by atoms with Crippen molar-refractivity contribution in [2.24, 2.45) is 0 Å². The van der Waals surface area contributed by atoms with Gasteiger partial charge >= 0.3 is 0 Å². The van der Waals surface area contributed by atoms with E-state index in [0.29, 0.717) is 23.2 Å². The number of rotatable bonds is 11. The molecule has 0 aliphatic carbocycles. The van der Waals surface area contributed by atoms with Crippen LogP contribution >= 0.6 is 0 Å². The average Bonchev–Trinajstić information content (AvgIpc) is 3.03.